The lowest BCUT2D eigenvalue weighted by Gasteiger charge is -2.26. The lowest BCUT2D eigenvalue weighted by Crippen LogP contribution is -2.10. The highest BCUT2D eigenvalue weighted by atomic mass is 31.1. The number of hydrogen-bond donors (Lipinski definition) is 0. The Bertz CT molecular complexity index is 387. The molecule has 0 aromatic heterocycles. The fraction of sp³-hybridized carbons (Fsp3) is 0.333. The molecular formula is C15H19P. The molecule has 1 unspecified atom stereocenters. The first-order valence-corrected chi connectivity index (χ1v) is 7.40. The standard InChI is InChI=1S/C15H19P/c1-13(2)16(14-9-5-3-6-10-14)15-11-7-4-8-12-15/h3-7,9-11,13H,8,12H2,1-2H3. The Morgan fingerprint density at radius 3 is 2.44 bits per heavy atom. The number of allylic oxidation sites excluding steroid dienone is 4. The van der Waals surface area contributed by atoms with Crippen molar-refractivity contribution in [1.82, 2.24) is 0 Å². The minimum atomic E-state index is -0.123. The smallest absolute Gasteiger partial charge is 0.0189 e. The molecule has 1 aromatic carbocycles. The highest BCUT2D eigenvalue weighted by Gasteiger charge is 2.19. The van der Waals surface area contributed by atoms with Gasteiger partial charge >= 0.3 is 0 Å². The molecule has 1 aromatic rings. The Morgan fingerprint density at radius 2 is 1.88 bits per heavy atom. The van der Waals surface area contributed by atoms with Gasteiger partial charge < -0.3 is 0 Å². The molecule has 1 aliphatic carbocycles. The Morgan fingerprint density at radius 1 is 1.12 bits per heavy atom. The summed E-state index contributed by atoms with van der Waals surface area (Å²) in [4.78, 5) is 0. The van der Waals surface area contributed by atoms with E-state index in [-0.39, 0.29) is 7.92 Å². The average molecular weight is 230 g/mol. The molecule has 2 rings (SSSR count). The SMILES string of the molecule is CC(C)P(C1=CC=CCC1)c1ccccc1. The predicted octanol–water partition coefficient (Wildman–Crippen LogP) is 4.44. The van der Waals surface area contributed by atoms with Crippen LogP contribution in [0.5, 0.6) is 0 Å². The van der Waals surface area contributed by atoms with E-state index in [1.807, 2.05) is 0 Å². The molecule has 0 N–H and O–H groups in total. The fourth-order valence-electron chi connectivity index (χ4n) is 2.17. The maximum Gasteiger partial charge on any atom is -0.0189 e. The van der Waals surface area contributed by atoms with Crippen LogP contribution in [-0.2, 0) is 0 Å². The van der Waals surface area contributed by atoms with Crippen molar-refractivity contribution in [2.45, 2.75) is 32.3 Å². The normalized spacial score (nSPS) is 17.3. The van der Waals surface area contributed by atoms with Gasteiger partial charge in [0.25, 0.3) is 0 Å². The van der Waals surface area contributed by atoms with E-state index < -0.39 is 0 Å². The van der Waals surface area contributed by atoms with Crippen LogP contribution in [0.15, 0.2) is 53.9 Å². The van der Waals surface area contributed by atoms with Gasteiger partial charge in [-0.05, 0) is 37.0 Å². The van der Waals surface area contributed by atoms with Gasteiger partial charge in [-0.15, -0.1) is 0 Å². The maximum absolute atomic E-state index is 2.35. The van der Waals surface area contributed by atoms with Gasteiger partial charge in [0.2, 0.25) is 0 Å². The quantitative estimate of drug-likeness (QED) is 0.673. The van der Waals surface area contributed by atoms with Crippen molar-refractivity contribution >= 4 is 13.2 Å². The number of rotatable bonds is 3. The number of benzene rings is 1. The van der Waals surface area contributed by atoms with E-state index in [4.69, 9.17) is 0 Å². The monoisotopic (exact) mass is 230 g/mol. The third kappa shape index (κ3) is 2.62. The van der Waals surface area contributed by atoms with E-state index in [0.29, 0.717) is 0 Å². The zero-order valence-corrected chi connectivity index (χ0v) is 11.0. The molecule has 0 spiro atoms. The summed E-state index contributed by atoms with van der Waals surface area (Å²) < 4.78 is 0. The first-order chi connectivity index (χ1) is 7.79. The summed E-state index contributed by atoms with van der Waals surface area (Å²) in [5, 5.41) is 3.17. The summed E-state index contributed by atoms with van der Waals surface area (Å²) in [6, 6.07) is 11.0. The Kier molecular flexibility index (Phi) is 3.96. The van der Waals surface area contributed by atoms with Crippen LogP contribution in [0.4, 0.5) is 0 Å². The molecule has 0 bridgehead atoms. The minimum Gasteiger partial charge on any atom is -0.0842 e. The molecule has 0 nitrogen and oxygen atoms in total. The molecule has 1 atom stereocenters. The van der Waals surface area contributed by atoms with Gasteiger partial charge in [-0.1, -0.05) is 62.4 Å². The third-order valence-electron chi connectivity index (χ3n) is 2.85. The topological polar surface area (TPSA) is 0 Å². The summed E-state index contributed by atoms with van der Waals surface area (Å²) in [6.07, 6.45) is 9.28. The van der Waals surface area contributed by atoms with E-state index in [0.717, 1.165) is 5.66 Å². The molecule has 0 saturated heterocycles. The van der Waals surface area contributed by atoms with E-state index in [2.05, 4.69) is 62.4 Å². The zero-order chi connectivity index (χ0) is 11.4. The lowest BCUT2D eigenvalue weighted by atomic mass is 10.2. The molecule has 84 valence electrons. The molecule has 1 aliphatic rings. The number of hydrogen-bond acceptors (Lipinski definition) is 0. The van der Waals surface area contributed by atoms with Gasteiger partial charge in [0.05, 0.1) is 0 Å². The van der Waals surface area contributed by atoms with Crippen molar-refractivity contribution < 1.29 is 0 Å². The van der Waals surface area contributed by atoms with E-state index in [1.165, 1.54) is 18.1 Å². The second kappa shape index (κ2) is 5.46. The summed E-state index contributed by atoms with van der Waals surface area (Å²) in [5.74, 6) is 0. The molecule has 0 aliphatic heterocycles. The van der Waals surface area contributed by atoms with Gasteiger partial charge in [-0.3, -0.25) is 0 Å². The molecule has 0 heterocycles. The van der Waals surface area contributed by atoms with Crippen molar-refractivity contribution in [3.05, 3.63) is 53.9 Å². The fourth-order valence-corrected chi connectivity index (χ4v) is 4.88. The minimum absolute atomic E-state index is 0.123. The summed E-state index contributed by atoms with van der Waals surface area (Å²) in [7, 11) is -0.123. The Balaban J connectivity index is 2.31. The van der Waals surface area contributed by atoms with Gasteiger partial charge in [-0.25, -0.2) is 0 Å². The van der Waals surface area contributed by atoms with E-state index in [9.17, 15) is 0 Å². The molecule has 0 amide bonds. The first-order valence-electron chi connectivity index (χ1n) is 5.99. The second-order valence-electron chi connectivity index (χ2n) is 4.42. The maximum atomic E-state index is 2.35. The van der Waals surface area contributed by atoms with Crippen molar-refractivity contribution in [3.8, 4) is 0 Å². The van der Waals surface area contributed by atoms with Crippen LogP contribution in [0, 0.1) is 0 Å². The first kappa shape index (κ1) is 11.6. The van der Waals surface area contributed by atoms with Crippen LogP contribution in [0.3, 0.4) is 0 Å². The van der Waals surface area contributed by atoms with E-state index >= 15 is 0 Å². The largest absolute Gasteiger partial charge is 0.0842 e. The molecule has 0 saturated carbocycles. The molecular weight excluding hydrogens is 211 g/mol. The molecule has 0 fully saturated rings. The predicted molar refractivity (Wildman–Crippen MR) is 74.6 cm³/mol. The Hall–Kier alpha value is -0.870. The molecule has 1 heteroatoms. The third-order valence-corrected chi connectivity index (χ3v) is 5.73. The van der Waals surface area contributed by atoms with Crippen molar-refractivity contribution in [2.24, 2.45) is 0 Å². The van der Waals surface area contributed by atoms with Crippen LogP contribution in [0.1, 0.15) is 26.7 Å². The van der Waals surface area contributed by atoms with Crippen molar-refractivity contribution in [3.63, 3.8) is 0 Å². The van der Waals surface area contributed by atoms with Gasteiger partial charge in [-0.2, -0.15) is 0 Å². The van der Waals surface area contributed by atoms with Crippen molar-refractivity contribution in [2.75, 3.05) is 0 Å². The summed E-state index contributed by atoms with van der Waals surface area (Å²) in [6.45, 7) is 4.69. The van der Waals surface area contributed by atoms with Crippen LogP contribution < -0.4 is 5.30 Å². The van der Waals surface area contributed by atoms with Gasteiger partial charge in [0.1, 0.15) is 0 Å². The van der Waals surface area contributed by atoms with Gasteiger partial charge in [0, 0.05) is 0 Å². The summed E-state index contributed by atoms with van der Waals surface area (Å²) >= 11 is 0. The second-order valence-corrected chi connectivity index (χ2v) is 7.29. The van der Waals surface area contributed by atoms with Crippen molar-refractivity contribution in [1.29, 1.82) is 0 Å². The van der Waals surface area contributed by atoms with Crippen LogP contribution in [-0.4, -0.2) is 5.66 Å². The summed E-state index contributed by atoms with van der Waals surface area (Å²) in [5.41, 5.74) is 0.732. The van der Waals surface area contributed by atoms with Crippen LogP contribution in [0.2, 0.25) is 0 Å². The highest BCUT2D eigenvalue weighted by Crippen LogP contribution is 2.50. The van der Waals surface area contributed by atoms with Gasteiger partial charge in [0.15, 0.2) is 0 Å². The van der Waals surface area contributed by atoms with Crippen LogP contribution >= 0.6 is 7.92 Å². The lowest BCUT2D eigenvalue weighted by molar-refractivity contribution is 1.00. The molecule has 16 heavy (non-hydrogen) atoms. The Labute approximate surface area is 99.8 Å². The zero-order valence-electron chi connectivity index (χ0n) is 10.1. The average Bonchev–Trinajstić information content (AvgIpc) is 2.31. The van der Waals surface area contributed by atoms with E-state index in [1.54, 1.807) is 5.31 Å². The molecule has 0 radical (unpaired) electrons. The highest BCUT2D eigenvalue weighted by molar-refractivity contribution is 7.70. The van der Waals surface area contributed by atoms with Crippen LogP contribution in [0.25, 0.3) is 0 Å².